The van der Waals surface area contributed by atoms with Gasteiger partial charge in [-0.05, 0) is 50.4 Å². The van der Waals surface area contributed by atoms with Crippen molar-refractivity contribution >= 4 is 5.78 Å². The summed E-state index contributed by atoms with van der Waals surface area (Å²) in [5.41, 5.74) is 0. The van der Waals surface area contributed by atoms with Crippen molar-refractivity contribution in [1.82, 2.24) is 4.90 Å². The summed E-state index contributed by atoms with van der Waals surface area (Å²) in [6.45, 7) is 2.43. The molecule has 2 nitrogen and oxygen atoms in total. The number of hydrogen-bond donors (Lipinski definition) is 0. The number of hydrogen-bond acceptors (Lipinski definition) is 2. The quantitative estimate of drug-likeness (QED) is 0.689. The van der Waals surface area contributed by atoms with E-state index < -0.39 is 0 Å². The molecule has 0 aromatic rings. The molecule has 2 heteroatoms. The molecule has 0 saturated heterocycles. The van der Waals surface area contributed by atoms with E-state index in [1.54, 1.807) is 0 Å². The van der Waals surface area contributed by atoms with E-state index in [-0.39, 0.29) is 0 Å². The van der Waals surface area contributed by atoms with Gasteiger partial charge in [0.15, 0.2) is 0 Å². The zero-order valence-corrected chi connectivity index (χ0v) is 9.45. The lowest BCUT2D eigenvalue weighted by Crippen LogP contribution is -2.40. The van der Waals surface area contributed by atoms with E-state index in [0.29, 0.717) is 11.8 Å². The van der Waals surface area contributed by atoms with Gasteiger partial charge in [-0.25, -0.2) is 0 Å². The van der Waals surface area contributed by atoms with E-state index in [2.05, 4.69) is 4.90 Å². The fraction of sp³-hybridized carbons (Fsp3) is 0.923. The smallest absolute Gasteiger partial charge is 0.149 e. The summed E-state index contributed by atoms with van der Waals surface area (Å²) in [5, 5.41) is 0. The van der Waals surface area contributed by atoms with Crippen LogP contribution in [0.1, 0.15) is 44.9 Å². The summed E-state index contributed by atoms with van der Waals surface area (Å²) < 4.78 is 0. The Labute approximate surface area is 92.0 Å². The average molecular weight is 207 g/mol. The highest BCUT2D eigenvalue weighted by atomic mass is 16.1. The second-order valence-electron chi connectivity index (χ2n) is 5.71. The molecule has 0 aromatic heterocycles. The Bertz CT molecular complexity index is 241. The van der Waals surface area contributed by atoms with Crippen LogP contribution in [0, 0.1) is 11.8 Å². The molecular formula is C13H21NO. The van der Waals surface area contributed by atoms with E-state index >= 15 is 0 Å². The SMILES string of the molecule is O=C1CCCC1N(CC1CC1)CC1CC1. The molecule has 3 rings (SSSR count). The molecule has 0 N–H and O–H groups in total. The van der Waals surface area contributed by atoms with Gasteiger partial charge < -0.3 is 0 Å². The Balaban J connectivity index is 1.60. The predicted molar refractivity (Wildman–Crippen MR) is 59.7 cm³/mol. The molecule has 3 aliphatic rings. The van der Waals surface area contributed by atoms with Crippen LogP contribution in [0.4, 0.5) is 0 Å². The molecule has 1 unspecified atom stereocenters. The van der Waals surface area contributed by atoms with Crippen molar-refractivity contribution in [1.29, 1.82) is 0 Å². The van der Waals surface area contributed by atoms with Crippen LogP contribution in [0.3, 0.4) is 0 Å². The van der Waals surface area contributed by atoms with Gasteiger partial charge >= 0.3 is 0 Å². The lowest BCUT2D eigenvalue weighted by molar-refractivity contribution is -0.122. The van der Waals surface area contributed by atoms with E-state index in [1.807, 2.05) is 0 Å². The molecule has 3 aliphatic carbocycles. The maximum absolute atomic E-state index is 11.8. The summed E-state index contributed by atoms with van der Waals surface area (Å²) in [5.74, 6) is 2.38. The molecule has 0 radical (unpaired) electrons. The minimum atomic E-state index is 0.311. The van der Waals surface area contributed by atoms with E-state index in [1.165, 1.54) is 38.8 Å². The zero-order chi connectivity index (χ0) is 10.3. The minimum Gasteiger partial charge on any atom is -0.298 e. The van der Waals surface area contributed by atoms with Gasteiger partial charge in [-0.3, -0.25) is 9.69 Å². The van der Waals surface area contributed by atoms with E-state index in [4.69, 9.17) is 0 Å². The fourth-order valence-electron chi connectivity index (χ4n) is 2.78. The summed E-state index contributed by atoms with van der Waals surface area (Å²) in [6.07, 6.45) is 8.73. The third kappa shape index (κ3) is 2.41. The molecule has 84 valence electrons. The van der Waals surface area contributed by atoms with Gasteiger partial charge in [-0.15, -0.1) is 0 Å². The first kappa shape index (κ1) is 9.83. The second-order valence-corrected chi connectivity index (χ2v) is 5.71. The number of nitrogens with zero attached hydrogens (tertiary/aromatic N) is 1. The van der Waals surface area contributed by atoms with Gasteiger partial charge in [0, 0.05) is 19.5 Å². The fourth-order valence-corrected chi connectivity index (χ4v) is 2.78. The highest BCUT2D eigenvalue weighted by Gasteiger charge is 2.36. The third-order valence-electron chi connectivity index (χ3n) is 4.09. The maximum atomic E-state index is 11.8. The summed E-state index contributed by atoms with van der Waals surface area (Å²) in [6, 6.07) is 0.311. The lowest BCUT2D eigenvalue weighted by atomic mass is 10.1. The molecule has 1 atom stereocenters. The molecule has 0 spiro atoms. The number of Topliss-reactive ketones (excluding diaryl/α,β-unsaturated/α-hetero) is 1. The molecule has 0 bridgehead atoms. The molecule has 0 amide bonds. The van der Waals surface area contributed by atoms with Gasteiger partial charge in [-0.1, -0.05) is 0 Å². The molecule has 3 fully saturated rings. The van der Waals surface area contributed by atoms with Crippen molar-refractivity contribution in [2.45, 2.75) is 51.0 Å². The van der Waals surface area contributed by atoms with Gasteiger partial charge in [0.25, 0.3) is 0 Å². The maximum Gasteiger partial charge on any atom is 0.149 e. The topological polar surface area (TPSA) is 20.3 Å². The van der Waals surface area contributed by atoms with Gasteiger partial charge in [-0.2, -0.15) is 0 Å². The molecule has 0 heterocycles. The molecular weight excluding hydrogens is 186 g/mol. The third-order valence-corrected chi connectivity index (χ3v) is 4.09. The average Bonchev–Trinajstić information content (AvgIpc) is 3.11. The van der Waals surface area contributed by atoms with Crippen molar-refractivity contribution in [2.75, 3.05) is 13.1 Å². The van der Waals surface area contributed by atoms with Gasteiger partial charge in [0.2, 0.25) is 0 Å². The molecule has 3 saturated carbocycles. The Morgan fingerprint density at radius 1 is 1.00 bits per heavy atom. The summed E-state index contributed by atoms with van der Waals surface area (Å²) in [7, 11) is 0. The molecule has 0 aliphatic heterocycles. The van der Waals surface area contributed by atoms with Crippen LogP contribution in [0.5, 0.6) is 0 Å². The largest absolute Gasteiger partial charge is 0.298 e. The van der Waals surface area contributed by atoms with Crippen LogP contribution in [0.25, 0.3) is 0 Å². The monoisotopic (exact) mass is 207 g/mol. The number of ketones is 1. The Morgan fingerprint density at radius 3 is 2.00 bits per heavy atom. The van der Waals surface area contributed by atoms with Crippen molar-refractivity contribution in [2.24, 2.45) is 11.8 Å². The van der Waals surface area contributed by atoms with Crippen LogP contribution >= 0.6 is 0 Å². The highest BCUT2D eigenvalue weighted by molar-refractivity contribution is 5.85. The highest BCUT2D eigenvalue weighted by Crippen LogP contribution is 2.36. The standard InChI is InChI=1S/C13H21NO/c15-13-3-1-2-12(13)14(8-10-4-5-10)9-11-6-7-11/h10-12H,1-9H2. The normalized spacial score (nSPS) is 31.5. The number of carbonyl (C=O) groups is 1. The van der Waals surface area contributed by atoms with Crippen molar-refractivity contribution in [3.8, 4) is 0 Å². The van der Waals surface area contributed by atoms with Crippen molar-refractivity contribution < 1.29 is 4.79 Å². The number of rotatable bonds is 5. The second kappa shape index (κ2) is 3.89. The van der Waals surface area contributed by atoms with Crippen LogP contribution in [-0.4, -0.2) is 29.8 Å². The Hall–Kier alpha value is -0.370. The molecule has 0 aromatic carbocycles. The Kier molecular flexibility index (Phi) is 2.55. The van der Waals surface area contributed by atoms with Gasteiger partial charge in [0.1, 0.15) is 5.78 Å². The van der Waals surface area contributed by atoms with Crippen molar-refractivity contribution in [3.63, 3.8) is 0 Å². The van der Waals surface area contributed by atoms with Gasteiger partial charge in [0.05, 0.1) is 6.04 Å². The first-order valence-electron chi connectivity index (χ1n) is 6.59. The lowest BCUT2D eigenvalue weighted by Gasteiger charge is -2.27. The first-order valence-corrected chi connectivity index (χ1v) is 6.59. The summed E-state index contributed by atoms with van der Waals surface area (Å²) >= 11 is 0. The van der Waals surface area contributed by atoms with Crippen LogP contribution < -0.4 is 0 Å². The summed E-state index contributed by atoms with van der Waals surface area (Å²) in [4.78, 5) is 14.3. The predicted octanol–water partition coefficient (Wildman–Crippen LogP) is 2.23. The minimum absolute atomic E-state index is 0.311. The van der Waals surface area contributed by atoms with Crippen LogP contribution in [-0.2, 0) is 4.79 Å². The zero-order valence-electron chi connectivity index (χ0n) is 9.45. The Morgan fingerprint density at radius 2 is 1.60 bits per heavy atom. The number of carbonyl (C=O) groups excluding carboxylic acids is 1. The van der Waals surface area contributed by atoms with E-state index in [9.17, 15) is 4.79 Å². The van der Waals surface area contributed by atoms with Crippen molar-refractivity contribution in [3.05, 3.63) is 0 Å². The first-order chi connectivity index (χ1) is 7.33. The van der Waals surface area contributed by atoms with E-state index in [0.717, 1.165) is 31.1 Å². The van der Waals surface area contributed by atoms with Crippen LogP contribution in [0.2, 0.25) is 0 Å². The van der Waals surface area contributed by atoms with Crippen LogP contribution in [0.15, 0.2) is 0 Å². The molecule has 15 heavy (non-hydrogen) atoms.